The van der Waals surface area contributed by atoms with Crippen LogP contribution in [0.15, 0.2) is 0 Å². The van der Waals surface area contributed by atoms with Gasteiger partial charge in [0.05, 0.1) is 6.10 Å². The van der Waals surface area contributed by atoms with Gasteiger partial charge >= 0.3 is 0 Å². The predicted octanol–water partition coefficient (Wildman–Crippen LogP) is 1.06. The van der Waals surface area contributed by atoms with Crippen molar-refractivity contribution < 1.29 is 9.53 Å². The molecule has 1 aliphatic carbocycles. The Labute approximate surface area is 110 Å². The lowest BCUT2D eigenvalue weighted by atomic mass is 10.4. The quantitative estimate of drug-likeness (QED) is 0.719. The number of hydrogen-bond donors (Lipinski definition) is 3. The minimum absolute atomic E-state index is 0.0212. The number of anilines is 2. The number of ether oxygens (including phenoxy) is 1. The van der Waals surface area contributed by atoms with E-state index in [9.17, 15) is 4.79 Å². The van der Waals surface area contributed by atoms with Gasteiger partial charge in [0.1, 0.15) is 10.7 Å². The maximum atomic E-state index is 11.9. The summed E-state index contributed by atoms with van der Waals surface area (Å²) in [6, 6.07) is 0.500. The second-order valence-corrected chi connectivity index (χ2v) is 5.41. The molecule has 1 aromatic rings. The maximum absolute atomic E-state index is 11.9. The zero-order valence-electron chi connectivity index (χ0n) is 10.5. The fourth-order valence-corrected chi connectivity index (χ4v) is 2.24. The highest BCUT2D eigenvalue weighted by molar-refractivity contribution is 7.18. The fourth-order valence-electron chi connectivity index (χ4n) is 1.36. The molecule has 7 heteroatoms. The maximum Gasteiger partial charge on any atom is 0.265 e. The highest BCUT2D eigenvalue weighted by Gasteiger charge is 2.24. The minimum Gasteiger partial charge on any atom is -0.382 e. The zero-order valence-corrected chi connectivity index (χ0v) is 11.3. The van der Waals surface area contributed by atoms with Gasteiger partial charge in [0.2, 0.25) is 0 Å². The average Bonchev–Trinajstić information content (AvgIpc) is 3.08. The van der Waals surface area contributed by atoms with E-state index >= 15 is 0 Å². The van der Waals surface area contributed by atoms with E-state index in [1.165, 1.54) is 11.3 Å². The number of nitrogens with two attached hydrogens (primary N) is 1. The first-order valence-electron chi connectivity index (χ1n) is 5.94. The van der Waals surface area contributed by atoms with E-state index in [4.69, 9.17) is 10.5 Å². The van der Waals surface area contributed by atoms with Gasteiger partial charge in [-0.05, 0) is 19.8 Å². The first kappa shape index (κ1) is 13.1. The van der Waals surface area contributed by atoms with Gasteiger partial charge in [-0.15, -0.1) is 0 Å². The number of methoxy groups -OCH3 is 1. The Hall–Kier alpha value is -1.34. The minimum atomic E-state index is -0.197. The topological polar surface area (TPSA) is 89.3 Å². The standard InChI is InChI=1S/C11H18N4O2S/c1-6(17-2)5-13-10(16)8-9(12)15-11(18-8)14-7-3-4-7/h6-7H,3-5,12H2,1-2H3,(H,13,16)(H,14,15). The number of nitrogens with zero attached hydrogens (tertiary/aromatic N) is 1. The number of aromatic nitrogens is 1. The van der Waals surface area contributed by atoms with Crippen molar-refractivity contribution in [1.82, 2.24) is 10.3 Å². The van der Waals surface area contributed by atoms with E-state index in [-0.39, 0.29) is 17.8 Å². The van der Waals surface area contributed by atoms with E-state index < -0.39 is 0 Å². The molecular formula is C11H18N4O2S. The molecule has 1 aromatic heterocycles. The molecule has 0 aliphatic heterocycles. The molecule has 0 spiro atoms. The van der Waals surface area contributed by atoms with Crippen LogP contribution in [0.2, 0.25) is 0 Å². The van der Waals surface area contributed by atoms with Gasteiger partial charge in [-0.3, -0.25) is 4.79 Å². The average molecular weight is 270 g/mol. The van der Waals surface area contributed by atoms with E-state index in [0.717, 1.165) is 18.0 Å². The van der Waals surface area contributed by atoms with E-state index in [2.05, 4.69) is 15.6 Å². The van der Waals surface area contributed by atoms with Crippen LogP contribution in [0.25, 0.3) is 0 Å². The molecular weight excluding hydrogens is 252 g/mol. The second kappa shape index (κ2) is 5.53. The second-order valence-electron chi connectivity index (χ2n) is 4.41. The summed E-state index contributed by atoms with van der Waals surface area (Å²) in [6.45, 7) is 2.34. The molecule has 0 bridgehead atoms. The molecule has 1 aliphatic rings. The van der Waals surface area contributed by atoms with Crippen LogP contribution in [0.4, 0.5) is 10.9 Å². The Kier molecular flexibility index (Phi) is 4.03. The number of hydrogen-bond acceptors (Lipinski definition) is 6. The molecule has 4 N–H and O–H groups in total. The van der Waals surface area contributed by atoms with Crippen molar-refractivity contribution in [2.24, 2.45) is 0 Å². The lowest BCUT2D eigenvalue weighted by Crippen LogP contribution is -2.31. The lowest BCUT2D eigenvalue weighted by Gasteiger charge is -2.09. The molecule has 18 heavy (non-hydrogen) atoms. The highest BCUT2D eigenvalue weighted by atomic mass is 32.1. The number of carbonyl (C=O) groups excluding carboxylic acids is 1. The zero-order chi connectivity index (χ0) is 13.1. The molecule has 1 amide bonds. The summed E-state index contributed by atoms with van der Waals surface area (Å²) in [5.41, 5.74) is 5.74. The van der Waals surface area contributed by atoms with Crippen LogP contribution in [-0.2, 0) is 4.74 Å². The smallest absolute Gasteiger partial charge is 0.265 e. The van der Waals surface area contributed by atoms with Gasteiger partial charge in [0, 0.05) is 19.7 Å². The summed E-state index contributed by atoms with van der Waals surface area (Å²) in [5.74, 6) is 0.0865. The molecule has 1 heterocycles. The Morgan fingerprint density at radius 2 is 2.39 bits per heavy atom. The fraction of sp³-hybridized carbons (Fsp3) is 0.636. The molecule has 0 radical (unpaired) electrons. The van der Waals surface area contributed by atoms with Gasteiger partial charge in [-0.1, -0.05) is 11.3 Å². The van der Waals surface area contributed by atoms with Crippen molar-refractivity contribution in [3.05, 3.63) is 4.88 Å². The van der Waals surface area contributed by atoms with Crippen LogP contribution in [-0.4, -0.2) is 36.7 Å². The highest BCUT2D eigenvalue weighted by Crippen LogP contribution is 2.30. The van der Waals surface area contributed by atoms with Crippen molar-refractivity contribution in [3.8, 4) is 0 Å². The molecule has 2 rings (SSSR count). The van der Waals surface area contributed by atoms with Gasteiger partial charge in [-0.25, -0.2) is 4.98 Å². The largest absolute Gasteiger partial charge is 0.382 e. The Balaban J connectivity index is 1.93. The predicted molar refractivity (Wildman–Crippen MR) is 72.0 cm³/mol. The van der Waals surface area contributed by atoms with Crippen LogP contribution in [0.3, 0.4) is 0 Å². The van der Waals surface area contributed by atoms with Crippen LogP contribution in [0.5, 0.6) is 0 Å². The summed E-state index contributed by atoms with van der Waals surface area (Å²) < 4.78 is 5.06. The Bertz CT molecular complexity index is 431. The summed E-state index contributed by atoms with van der Waals surface area (Å²) in [4.78, 5) is 16.5. The van der Waals surface area contributed by atoms with Crippen molar-refractivity contribution in [3.63, 3.8) is 0 Å². The molecule has 1 unspecified atom stereocenters. The monoisotopic (exact) mass is 270 g/mol. The van der Waals surface area contributed by atoms with Crippen LogP contribution in [0, 0.1) is 0 Å². The number of amides is 1. The summed E-state index contributed by atoms with van der Waals surface area (Å²) in [6.07, 6.45) is 2.30. The Morgan fingerprint density at radius 1 is 1.67 bits per heavy atom. The van der Waals surface area contributed by atoms with Crippen LogP contribution < -0.4 is 16.4 Å². The molecule has 1 fully saturated rings. The third kappa shape index (κ3) is 3.33. The lowest BCUT2D eigenvalue weighted by molar-refractivity contribution is 0.0874. The number of rotatable bonds is 6. The summed E-state index contributed by atoms with van der Waals surface area (Å²) >= 11 is 1.30. The first-order chi connectivity index (χ1) is 8.60. The van der Waals surface area contributed by atoms with E-state index in [1.54, 1.807) is 7.11 Å². The number of nitrogen functional groups attached to an aromatic ring is 1. The molecule has 6 nitrogen and oxygen atoms in total. The van der Waals surface area contributed by atoms with Gasteiger partial charge in [0.15, 0.2) is 5.13 Å². The normalized spacial score (nSPS) is 16.3. The first-order valence-corrected chi connectivity index (χ1v) is 6.75. The molecule has 100 valence electrons. The van der Waals surface area contributed by atoms with E-state index in [1.807, 2.05) is 6.92 Å². The van der Waals surface area contributed by atoms with Crippen molar-refractivity contribution >= 4 is 28.2 Å². The molecule has 0 aromatic carbocycles. The number of nitrogens with one attached hydrogen (secondary N) is 2. The third-order valence-corrected chi connectivity index (χ3v) is 3.72. The van der Waals surface area contributed by atoms with Crippen LogP contribution >= 0.6 is 11.3 Å². The van der Waals surface area contributed by atoms with Crippen molar-refractivity contribution in [1.29, 1.82) is 0 Å². The third-order valence-electron chi connectivity index (χ3n) is 2.72. The summed E-state index contributed by atoms with van der Waals surface area (Å²) in [7, 11) is 1.61. The van der Waals surface area contributed by atoms with Gasteiger partial charge in [0.25, 0.3) is 5.91 Å². The molecule has 1 atom stereocenters. The van der Waals surface area contributed by atoms with Crippen molar-refractivity contribution in [2.75, 3.05) is 24.7 Å². The van der Waals surface area contributed by atoms with Gasteiger partial charge in [-0.2, -0.15) is 0 Å². The van der Waals surface area contributed by atoms with E-state index in [0.29, 0.717) is 17.5 Å². The van der Waals surface area contributed by atoms with Gasteiger partial charge < -0.3 is 21.1 Å². The number of thiazole rings is 1. The van der Waals surface area contributed by atoms with Crippen LogP contribution in [0.1, 0.15) is 29.4 Å². The summed E-state index contributed by atoms with van der Waals surface area (Å²) in [5, 5.41) is 6.72. The Morgan fingerprint density at radius 3 is 3.00 bits per heavy atom. The number of carbonyl (C=O) groups is 1. The van der Waals surface area contributed by atoms with Crippen molar-refractivity contribution in [2.45, 2.75) is 31.9 Å². The SMILES string of the molecule is COC(C)CNC(=O)c1sc(NC2CC2)nc1N. The molecule has 0 saturated heterocycles. The molecule has 1 saturated carbocycles.